The molecule has 17 heavy (non-hydrogen) atoms. The molecule has 0 radical (unpaired) electrons. The van der Waals surface area contributed by atoms with Crippen LogP contribution in [0.25, 0.3) is 0 Å². The third-order valence-corrected chi connectivity index (χ3v) is 5.27. The van der Waals surface area contributed by atoms with Crippen LogP contribution in [0.5, 0.6) is 0 Å². The lowest BCUT2D eigenvalue weighted by Crippen LogP contribution is -2.56. The molecule has 3 heteroatoms. The molecule has 2 heterocycles. The highest BCUT2D eigenvalue weighted by molar-refractivity contribution is 4.96. The molecule has 0 aromatic carbocycles. The molecule has 4 unspecified atom stereocenters. The highest BCUT2D eigenvalue weighted by Gasteiger charge is 2.37. The summed E-state index contributed by atoms with van der Waals surface area (Å²) in [6.45, 7) is 0. The van der Waals surface area contributed by atoms with Crippen molar-refractivity contribution in [2.75, 3.05) is 7.05 Å². The van der Waals surface area contributed by atoms with Gasteiger partial charge in [-0.15, -0.1) is 0 Å². The highest BCUT2D eigenvalue weighted by atomic mass is 16.3. The van der Waals surface area contributed by atoms with E-state index in [1.54, 1.807) is 0 Å². The maximum Gasteiger partial charge on any atom is 0.0693 e. The van der Waals surface area contributed by atoms with Crippen LogP contribution >= 0.6 is 0 Å². The maximum atomic E-state index is 9.90. The van der Waals surface area contributed by atoms with Crippen molar-refractivity contribution in [1.29, 1.82) is 0 Å². The minimum Gasteiger partial charge on any atom is -0.392 e. The predicted octanol–water partition coefficient (Wildman–Crippen LogP) is 1.50. The first-order chi connectivity index (χ1) is 8.24. The minimum atomic E-state index is -0.0884. The second-order valence-electron chi connectivity index (χ2n) is 6.34. The molecule has 0 aromatic heterocycles. The Kier molecular flexibility index (Phi) is 3.42. The number of piperidine rings is 2. The molecule has 1 saturated carbocycles. The Hall–Kier alpha value is -0.120. The Morgan fingerprint density at radius 3 is 2.24 bits per heavy atom. The van der Waals surface area contributed by atoms with Crippen molar-refractivity contribution in [1.82, 2.24) is 10.2 Å². The molecule has 0 amide bonds. The van der Waals surface area contributed by atoms with Crippen molar-refractivity contribution >= 4 is 0 Å². The molecule has 3 aliphatic rings. The summed E-state index contributed by atoms with van der Waals surface area (Å²) < 4.78 is 0. The van der Waals surface area contributed by atoms with Gasteiger partial charge in [-0.25, -0.2) is 0 Å². The molecule has 98 valence electrons. The topological polar surface area (TPSA) is 35.5 Å². The van der Waals surface area contributed by atoms with Gasteiger partial charge in [-0.05, 0) is 52.0 Å². The summed E-state index contributed by atoms with van der Waals surface area (Å²) in [5.41, 5.74) is 0. The first-order valence-electron chi connectivity index (χ1n) is 7.40. The summed E-state index contributed by atoms with van der Waals surface area (Å²) in [4.78, 5) is 2.60. The summed E-state index contributed by atoms with van der Waals surface area (Å²) in [7, 11) is 2.30. The molecule has 3 nitrogen and oxygen atoms in total. The van der Waals surface area contributed by atoms with E-state index in [0.29, 0.717) is 12.1 Å². The van der Waals surface area contributed by atoms with Gasteiger partial charge in [0.05, 0.1) is 6.10 Å². The molecule has 2 N–H and O–H groups in total. The van der Waals surface area contributed by atoms with E-state index in [-0.39, 0.29) is 6.10 Å². The van der Waals surface area contributed by atoms with Crippen LogP contribution in [0.1, 0.15) is 51.4 Å². The van der Waals surface area contributed by atoms with E-state index in [9.17, 15) is 5.11 Å². The van der Waals surface area contributed by atoms with Gasteiger partial charge in [0.15, 0.2) is 0 Å². The van der Waals surface area contributed by atoms with Crippen LogP contribution in [0, 0.1) is 0 Å². The van der Waals surface area contributed by atoms with Crippen LogP contribution in [0.3, 0.4) is 0 Å². The van der Waals surface area contributed by atoms with Gasteiger partial charge in [0.25, 0.3) is 0 Å². The fraction of sp³-hybridized carbons (Fsp3) is 1.00. The number of nitrogens with one attached hydrogen (secondary N) is 1. The van der Waals surface area contributed by atoms with Gasteiger partial charge in [0.2, 0.25) is 0 Å². The standard InChI is InChI=1S/C14H26N2O/c1-16-11-4-2-5-12(16)9-10(8-11)15-13-6-3-7-14(13)17/h10-15,17H,2-9H2,1H3. The highest BCUT2D eigenvalue weighted by Crippen LogP contribution is 2.33. The Balaban J connectivity index is 1.58. The summed E-state index contributed by atoms with van der Waals surface area (Å²) in [5.74, 6) is 0. The Labute approximate surface area is 105 Å². The second kappa shape index (κ2) is 4.87. The lowest BCUT2D eigenvalue weighted by Gasteiger charge is -2.48. The average molecular weight is 238 g/mol. The summed E-state index contributed by atoms with van der Waals surface area (Å²) in [6.07, 6.45) is 10.0. The van der Waals surface area contributed by atoms with Crippen molar-refractivity contribution in [3.8, 4) is 0 Å². The van der Waals surface area contributed by atoms with Crippen LogP contribution < -0.4 is 5.32 Å². The van der Waals surface area contributed by atoms with E-state index in [1.165, 1.54) is 44.9 Å². The van der Waals surface area contributed by atoms with E-state index in [1.807, 2.05) is 0 Å². The van der Waals surface area contributed by atoms with Crippen molar-refractivity contribution in [2.24, 2.45) is 0 Å². The van der Waals surface area contributed by atoms with E-state index in [4.69, 9.17) is 0 Å². The lowest BCUT2D eigenvalue weighted by molar-refractivity contribution is 0.0394. The van der Waals surface area contributed by atoms with Crippen molar-refractivity contribution < 1.29 is 5.11 Å². The molecule has 0 spiro atoms. The summed E-state index contributed by atoms with van der Waals surface area (Å²) in [6, 6.07) is 2.61. The first-order valence-corrected chi connectivity index (χ1v) is 7.40. The monoisotopic (exact) mass is 238 g/mol. The molecule has 2 saturated heterocycles. The molecular weight excluding hydrogens is 212 g/mol. The fourth-order valence-corrected chi connectivity index (χ4v) is 4.19. The largest absolute Gasteiger partial charge is 0.392 e. The zero-order valence-corrected chi connectivity index (χ0v) is 10.9. The molecule has 2 aliphatic heterocycles. The lowest BCUT2D eigenvalue weighted by atomic mass is 9.82. The minimum absolute atomic E-state index is 0.0884. The molecule has 0 aromatic rings. The van der Waals surface area contributed by atoms with E-state index in [2.05, 4.69) is 17.3 Å². The normalized spacial score (nSPS) is 47.3. The number of hydrogen-bond donors (Lipinski definition) is 2. The molecular formula is C14H26N2O. The number of aliphatic hydroxyl groups is 1. The smallest absolute Gasteiger partial charge is 0.0693 e. The van der Waals surface area contributed by atoms with Gasteiger partial charge in [0.1, 0.15) is 0 Å². The number of rotatable bonds is 2. The van der Waals surface area contributed by atoms with Crippen molar-refractivity contribution in [3.63, 3.8) is 0 Å². The van der Waals surface area contributed by atoms with Crippen molar-refractivity contribution in [2.45, 2.75) is 81.6 Å². The van der Waals surface area contributed by atoms with Crippen LogP contribution in [-0.2, 0) is 0 Å². The van der Waals surface area contributed by atoms with Crippen LogP contribution in [0.4, 0.5) is 0 Å². The Morgan fingerprint density at radius 2 is 1.65 bits per heavy atom. The zero-order chi connectivity index (χ0) is 11.8. The van der Waals surface area contributed by atoms with Gasteiger partial charge in [-0.2, -0.15) is 0 Å². The fourth-order valence-electron chi connectivity index (χ4n) is 4.19. The van der Waals surface area contributed by atoms with E-state index < -0.39 is 0 Å². The molecule has 2 bridgehead atoms. The van der Waals surface area contributed by atoms with Crippen LogP contribution in [0.15, 0.2) is 0 Å². The number of aliphatic hydroxyl groups excluding tert-OH is 1. The first kappa shape index (κ1) is 11.9. The van der Waals surface area contributed by atoms with Crippen molar-refractivity contribution in [3.05, 3.63) is 0 Å². The maximum absolute atomic E-state index is 9.90. The third kappa shape index (κ3) is 2.38. The zero-order valence-electron chi connectivity index (χ0n) is 10.9. The van der Waals surface area contributed by atoms with Gasteiger partial charge in [0, 0.05) is 24.2 Å². The van der Waals surface area contributed by atoms with Gasteiger partial charge >= 0.3 is 0 Å². The molecule has 1 aliphatic carbocycles. The predicted molar refractivity (Wildman–Crippen MR) is 69.0 cm³/mol. The summed E-state index contributed by atoms with van der Waals surface area (Å²) in [5, 5.41) is 13.6. The summed E-state index contributed by atoms with van der Waals surface area (Å²) >= 11 is 0. The molecule has 3 fully saturated rings. The van der Waals surface area contributed by atoms with E-state index in [0.717, 1.165) is 18.5 Å². The van der Waals surface area contributed by atoms with Crippen LogP contribution in [-0.4, -0.2) is 47.3 Å². The second-order valence-corrected chi connectivity index (χ2v) is 6.34. The Morgan fingerprint density at radius 1 is 1.00 bits per heavy atom. The van der Waals surface area contributed by atoms with Gasteiger partial charge < -0.3 is 15.3 Å². The van der Waals surface area contributed by atoms with E-state index >= 15 is 0 Å². The molecule has 3 rings (SSSR count). The van der Waals surface area contributed by atoms with Crippen LogP contribution in [0.2, 0.25) is 0 Å². The van der Waals surface area contributed by atoms with Gasteiger partial charge in [-0.1, -0.05) is 6.42 Å². The number of nitrogens with zero attached hydrogens (tertiary/aromatic N) is 1. The average Bonchev–Trinajstić information content (AvgIpc) is 2.66. The Bertz CT molecular complexity index is 257. The quantitative estimate of drug-likeness (QED) is 0.765. The SMILES string of the molecule is CN1C2CCCC1CC(NC1CCCC1O)C2. The number of hydrogen-bond acceptors (Lipinski definition) is 3. The third-order valence-electron chi connectivity index (χ3n) is 5.27. The number of fused-ring (bicyclic) bond motifs is 2. The van der Waals surface area contributed by atoms with Gasteiger partial charge in [-0.3, -0.25) is 0 Å². The molecule has 4 atom stereocenters.